The minimum atomic E-state index is 0.588. The second-order valence-electron chi connectivity index (χ2n) is 3.13. The number of hydrogen-bond acceptors (Lipinski definition) is 1. The maximum Gasteiger partial charge on any atom is 0.00990 e. The molecule has 0 saturated carbocycles. The van der Waals surface area contributed by atoms with E-state index in [1.807, 2.05) is 0 Å². The lowest BCUT2D eigenvalue weighted by molar-refractivity contribution is 0.232. The zero-order valence-electron chi connectivity index (χ0n) is 6.43. The van der Waals surface area contributed by atoms with E-state index in [0.717, 1.165) is 0 Å². The first kappa shape index (κ1) is 7.07. The molecular weight excluding hydrogens is 110 g/mol. The highest BCUT2D eigenvalue weighted by Crippen LogP contribution is 2.18. The number of hydrogen-bond donors (Lipinski definition) is 0. The summed E-state index contributed by atoms with van der Waals surface area (Å²) in [5.74, 6) is 0. The Bertz CT molecular complexity index is 88.6. The third-order valence-electron chi connectivity index (χ3n) is 2.09. The van der Waals surface area contributed by atoms with Crippen molar-refractivity contribution < 1.29 is 0 Å². The van der Waals surface area contributed by atoms with Gasteiger partial charge >= 0.3 is 0 Å². The fraction of sp³-hybridized carbons (Fsp3) is 0.875. The summed E-state index contributed by atoms with van der Waals surface area (Å²) in [6.45, 7) is 9.80. The van der Waals surface area contributed by atoms with Crippen LogP contribution in [0.25, 0.3) is 0 Å². The molecule has 1 heterocycles. The predicted molar refractivity (Wildman–Crippen MR) is 40.2 cm³/mol. The second-order valence-corrected chi connectivity index (χ2v) is 3.13. The van der Waals surface area contributed by atoms with Crippen molar-refractivity contribution in [1.29, 1.82) is 0 Å². The Kier molecular flexibility index (Phi) is 2.12. The van der Waals surface area contributed by atoms with Crippen LogP contribution in [0.3, 0.4) is 0 Å². The van der Waals surface area contributed by atoms with Crippen molar-refractivity contribution in [1.82, 2.24) is 4.90 Å². The van der Waals surface area contributed by atoms with Crippen LogP contribution in [-0.4, -0.2) is 23.5 Å². The molecule has 0 amide bonds. The maximum atomic E-state index is 4.07. The van der Waals surface area contributed by atoms with E-state index in [4.69, 9.17) is 0 Å². The molecule has 0 spiro atoms. The van der Waals surface area contributed by atoms with Gasteiger partial charge in [0.15, 0.2) is 0 Å². The van der Waals surface area contributed by atoms with Gasteiger partial charge in [-0.25, -0.2) is 0 Å². The van der Waals surface area contributed by atoms with Gasteiger partial charge in [0.2, 0.25) is 0 Å². The lowest BCUT2D eigenvalue weighted by Crippen LogP contribution is -2.33. The minimum Gasteiger partial charge on any atom is -0.298 e. The average molecular weight is 126 g/mol. The highest BCUT2D eigenvalue weighted by molar-refractivity contribution is 4.82. The van der Waals surface area contributed by atoms with Gasteiger partial charge in [-0.05, 0) is 40.2 Å². The van der Waals surface area contributed by atoms with E-state index < -0.39 is 0 Å². The van der Waals surface area contributed by atoms with E-state index in [1.165, 1.54) is 19.4 Å². The van der Waals surface area contributed by atoms with Gasteiger partial charge in [-0.1, -0.05) is 0 Å². The van der Waals surface area contributed by atoms with Crippen LogP contribution in [-0.2, 0) is 0 Å². The standard InChI is InChI=1S/C8H16N/c1-7(2)9-6-4-5-8(9)3/h7-8H,3-6H2,1-2H3. The van der Waals surface area contributed by atoms with Gasteiger partial charge in [0, 0.05) is 12.1 Å². The van der Waals surface area contributed by atoms with Gasteiger partial charge in [0.25, 0.3) is 0 Å². The first-order valence-corrected chi connectivity index (χ1v) is 3.80. The Hall–Kier alpha value is -0.0400. The fourth-order valence-corrected chi connectivity index (χ4v) is 1.54. The van der Waals surface area contributed by atoms with Gasteiger partial charge in [0.05, 0.1) is 0 Å². The molecule has 1 atom stereocenters. The van der Waals surface area contributed by atoms with Crippen LogP contribution in [0.4, 0.5) is 0 Å². The Morgan fingerprint density at radius 1 is 1.56 bits per heavy atom. The van der Waals surface area contributed by atoms with Gasteiger partial charge in [0.1, 0.15) is 0 Å². The van der Waals surface area contributed by atoms with Crippen LogP contribution in [0.15, 0.2) is 0 Å². The summed E-state index contributed by atoms with van der Waals surface area (Å²) in [6, 6.07) is 1.28. The molecule has 1 aliphatic rings. The topological polar surface area (TPSA) is 3.24 Å². The molecule has 0 aliphatic carbocycles. The van der Waals surface area contributed by atoms with Crippen LogP contribution in [0.2, 0.25) is 0 Å². The van der Waals surface area contributed by atoms with Crippen LogP contribution in [0.5, 0.6) is 0 Å². The maximum absolute atomic E-state index is 4.07. The quantitative estimate of drug-likeness (QED) is 0.517. The molecular formula is C8H16N. The number of rotatable bonds is 1. The molecule has 0 bridgehead atoms. The van der Waals surface area contributed by atoms with E-state index in [-0.39, 0.29) is 0 Å². The van der Waals surface area contributed by atoms with Gasteiger partial charge < -0.3 is 0 Å². The molecule has 1 radical (unpaired) electrons. The van der Waals surface area contributed by atoms with Crippen molar-refractivity contribution >= 4 is 0 Å². The minimum absolute atomic E-state index is 0.588. The molecule has 53 valence electrons. The van der Waals surface area contributed by atoms with Crippen molar-refractivity contribution in [3.8, 4) is 0 Å². The van der Waals surface area contributed by atoms with Gasteiger partial charge in [-0.2, -0.15) is 0 Å². The van der Waals surface area contributed by atoms with Gasteiger partial charge in [-0.15, -0.1) is 0 Å². The Labute approximate surface area is 58.0 Å². The Balaban J connectivity index is 2.40. The van der Waals surface area contributed by atoms with E-state index in [0.29, 0.717) is 12.1 Å². The first-order valence-electron chi connectivity index (χ1n) is 3.80. The van der Waals surface area contributed by atoms with Crippen molar-refractivity contribution in [2.45, 2.75) is 38.8 Å². The normalized spacial score (nSPS) is 30.0. The zero-order valence-corrected chi connectivity index (χ0v) is 6.43. The van der Waals surface area contributed by atoms with Crippen LogP contribution in [0, 0.1) is 6.92 Å². The molecule has 1 aliphatic heterocycles. The summed E-state index contributed by atoms with van der Waals surface area (Å²) >= 11 is 0. The molecule has 1 unspecified atom stereocenters. The van der Waals surface area contributed by atoms with Crippen molar-refractivity contribution in [3.05, 3.63) is 6.92 Å². The van der Waals surface area contributed by atoms with Crippen molar-refractivity contribution in [2.75, 3.05) is 6.54 Å². The van der Waals surface area contributed by atoms with Crippen LogP contribution < -0.4 is 0 Å². The summed E-state index contributed by atoms with van der Waals surface area (Å²) in [5, 5.41) is 0. The second kappa shape index (κ2) is 2.70. The lowest BCUT2D eigenvalue weighted by Gasteiger charge is -2.24. The van der Waals surface area contributed by atoms with Crippen LogP contribution in [0.1, 0.15) is 26.7 Å². The molecule has 0 aromatic carbocycles. The smallest absolute Gasteiger partial charge is 0.00990 e. The zero-order chi connectivity index (χ0) is 6.85. The Morgan fingerprint density at radius 2 is 2.22 bits per heavy atom. The molecule has 1 saturated heterocycles. The van der Waals surface area contributed by atoms with E-state index in [9.17, 15) is 0 Å². The molecule has 1 fully saturated rings. The highest BCUT2D eigenvalue weighted by atomic mass is 15.2. The number of likely N-dealkylation sites (tertiary alicyclic amines) is 1. The van der Waals surface area contributed by atoms with E-state index >= 15 is 0 Å². The summed E-state index contributed by atoms with van der Waals surface area (Å²) in [4.78, 5) is 2.46. The van der Waals surface area contributed by atoms with Gasteiger partial charge in [-0.3, -0.25) is 4.90 Å². The summed E-state index contributed by atoms with van der Waals surface area (Å²) in [7, 11) is 0. The summed E-state index contributed by atoms with van der Waals surface area (Å²) in [5.41, 5.74) is 0. The molecule has 1 rings (SSSR count). The van der Waals surface area contributed by atoms with Crippen LogP contribution >= 0.6 is 0 Å². The summed E-state index contributed by atoms with van der Waals surface area (Å²) in [6.07, 6.45) is 2.63. The lowest BCUT2D eigenvalue weighted by atomic mass is 10.2. The third kappa shape index (κ3) is 1.45. The molecule has 1 heteroatoms. The monoisotopic (exact) mass is 126 g/mol. The van der Waals surface area contributed by atoms with E-state index in [1.54, 1.807) is 0 Å². The highest BCUT2D eigenvalue weighted by Gasteiger charge is 2.21. The predicted octanol–water partition coefficient (Wildman–Crippen LogP) is 1.69. The molecule has 0 N–H and O–H groups in total. The van der Waals surface area contributed by atoms with Crippen molar-refractivity contribution in [3.63, 3.8) is 0 Å². The average Bonchev–Trinajstić information content (AvgIpc) is 2.13. The first-order chi connectivity index (χ1) is 4.22. The number of nitrogens with zero attached hydrogens (tertiary/aromatic N) is 1. The van der Waals surface area contributed by atoms with E-state index in [2.05, 4.69) is 25.7 Å². The summed E-state index contributed by atoms with van der Waals surface area (Å²) < 4.78 is 0. The molecule has 0 aromatic heterocycles. The third-order valence-corrected chi connectivity index (χ3v) is 2.09. The molecule has 0 aromatic rings. The fourth-order valence-electron chi connectivity index (χ4n) is 1.54. The van der Waals surface area contributed by atoms with Crippen molar-refractivity contribution in [2.24, 2.45) is 0 Å². The molecule has 1 nitrogen and oxygen atoms in total. The Morgan fingerprint density at radius 3 is 2.44 bits per heavy atom. The largest absolute Gasteiger partial charge is 0.298 e. The SMILES string of the molecule is [CH2]C1CCCN1C(C)C. The molecule has 9 heavy (non-hydrogen) atoms.